The number of aliphatic hydroxyl groups is 2. The molecule has 4 N–H and O–H groups in total. The van der Waals surface area contributed by atoms with E-state index in [4.69, 9.17) is 32.3 Å². The maximum absolute atomic E-state index is 13.0. The predicted octanol–water partition coefficient (Wildman–Crippen LogP) is 26.1. The third kappa shape index (κ3) is 85.4. The van der Waals surface area contributed by atoms with Crippen LogP contribution in [0.25, 0.3) is 0 Å². The number of rotatable bonds is 80. The van der Waals surface area contributed by atoms with Crippen LogP contribution in [-0.4, -0.2) is 95.9 Å². The first kappa shape index (κ1) is 106. The Morgan fingerprint density at radius 3 is 0.712 bits per heavy atom. The zero-order valence-electron chi connectivity index (χ0n) is 69.3. The Kier molecular flexibility index (Phi) is 80.0. The highest BCUT2D eigenvalue weighted by atomic mass is 31.2. The van der Waals surface area contributed by atoms with Crippen molar-refractivity contribution in [3.8, 4) is 0 Å². The lowest BCUT2D eigenvalue weighted by atomic mass is 10.0. The minimum absolute atomic E-state index is 0.0786. The van der Waals surface area contributed by atoms with Crippen molar-refractivity contribution in [2.24, 2.45) is 0 Å². The van der Waals surface area contributed by atoms with E-state index in [2.05, 4.69) is 203 Å². The second kappa shape index (κ2) is 84.1. The smallest absolute Gasteiger partial charge is 0.463 e. The molecule has 0 amide bonds. The first-order valence-electron chi connectivity index (χ1n) is 43.1. The minimum Gasteiger partial charge on any atom is -0.463 e. The molecule has 0 aliphatic heterocycles. The molecule has 0 aromatic carbocycles. The van der Waals surface area contributed by atoms with Gasteiger partial charge in [0.1, 0.15) is 25.4 Å². The molecule has 0 fully saturated rings. The summed E-state index contributed by atoms with van der Waals surface area (Å²) in [6.45, 7) is 2.32. The standard InChI is InChI=1S/C93H154O16P2/c1-4-7-10-13-16-19-22-25-28-31-34-36-38-40-41-42-43-44-45-47-49-50-53-55-58-61-64-67-70-73-76-79-91(96)103-82-88(94)83-105-110(99,100)106-84-89(95)85-107-111(101,102)108-87-90(109-93(98)81-78-75-72-69-66-63-60-57-52-33-30-27-24-21-18-15-12-9-6-3)86-104-92(97)80-77-74-71-68-65-62-59-56-54-51-48-46-39-37-35-32-29-26-23-20-17-14-11-8-5-2/h7-12,16-21,25-30,34-37,40-41,46,48,52,54,56-57,88-90,94-95H,4-6,13-15,22-24,31-33,38-39,42-45,47,49-51,53,55,58-87H2,1-3H3,(H,99,100)(H,101,102)/b10-7-,11-8-,12-9-,19-16-,20-17-,21-18-,28-25-,29-26-,30-27-,36-34-,37-35-,41-40-,48-46-,56-54-,57-52-. The molecule has 111 heavy (non-hydrogen) atoms. The van der Waals surface area contributed by atoms with Crippen LogP contribution in [0.4, 0.5) is 0 Å². The minimum atomic E-state index is -4.95. The summed E-state index contributed by atoms with van der Waals surface area (Å²) < 4.78 is 61.3. The Bertz CT molecular complexity index is 2750. The van der Waals surface area contributed by atoms with Gasteiger partial charge in [-0.1, -0.05) is 338 Å². The molecule has 0 radical (unpaired) electrons. The van der Waals surface area contributed by atoms with Crippen LogP contribution < -0.4 is 0 Å². The van der Waals surface area contributed by atoms with E-state index in [1.54, 1.807) is 0 Å². The van der Waals surface area contributed by atoms with Crippen LogP contribution in [0.1, 0.15) is 329 Å². The van der Waals surface area contributed by atoms with Gasteiger partial charge in [0.15, 0.2) is 6.10 Å². The molecule has 0 saturated heterocycles. The van der Waals surface area contributed by atoms with Crippen molar-refractivity contribution in [1.82, 2.24) is 0 Å². The average molecular weight is 1590 g/mol. The van der Waals surface area contributed by atoms with Gasteiger partial charge in [0.05, 0.1) is 26.4 Å². The Morgan fingerprint density at radius 2 is 0.450 bits per heavy atom. The topological polar surface area (TPSA) is 231 Å². The van der Waals surface area contributed by atoms with Crippen molar-refractivity contribution in [2.45, 2.75) is 347 Å². The van der Waals surface area contributed by atoms with Crippen LogP contribution in [0.2, 0.25) is 0 Å². The van der Waals surface area contributed by atoms with Gasteiger partial charge >= 0.3 is 33.6 Å². The van der Waals surface area contributed by atoms with Gasteiger partial charge in [-0.2, -0.15) is 0 Å². The van der Waals surface area contributed by atoms with E-state index in [1.807, 2.05) is 0 Å². The summed E-state index contributed by atoms with van der Waals surface area (Å²) in [6, 6.07) is 0. The first-order chi connectivity index (χ1) is 54.2. The van der Waals surface area contributed by atoms with E-state index in [1.165, 1.54) is 77.0 Å². The summed E-state index contributed by atoms with van der Waals surface area (Å²) in [5.41, 5.74) is 0. The zero-order chi connectivity index (χ0) is 80.8. The largest absolute Gasteiger partial charge is 0.472 e. The molecule has 18 heteroatoms. The Morgan fingerprint density at radius 1 is 0.252 bits per heavy atom. The summed E-state index contributed by atoms with van der Waals surface area (Å²) in [5, 5.41) is 20.7. The maximum atomic E-state index is 13.0. The van der Waals surface area contributed by atoms with Gasteiger partial charge in [-0.25, -0.2) is 9.13 Å². The lowest BCUT2D eigenvalue weighted by Gasteiger charge is -2.21. The van der Waals surface area contributed by atoms with E-state index in [0.717, 1.165) is 193 Å². The Labute approximate surface area is 675 Å². The van der Waals surface area contributed by atoms with E-state index >= 15 is 0 Å². The fourth-order valence-corrected chi connectivity index (χ4v) is 12.8. The van der Waals surface area contributed by atoms with Crippen LogP contribution in [0.15, 0.2) is 182 Å². The molecule has 632 valence electrons. The number of hydrogen-bond donors (Lipinski definition) is 4. The molecule has 0 saturated carbocycles. The van der Waals surface area contributed by atoms with Gasteiger partial charge in [0.2, 0.25) is 0 Å². The van der Waals surface area contributed by atoms with Gasteiger partial charge in [-0.05, 0) is 154 Å². The molecule has 0 aliphatic carbocycles. The number of allylic oxidation sites excluding steroid dienone is 30. The van der Waals surface area contributed by atoms with Gasteiger partial charge in [-0.15, -0.1) is 0 Å². The number of phosphoric acid groups is 2. The molecule has 0 rings (SSSR count). The fraction of sp³-hybridized carbons (Fsp3) is 0.645. The second-order valence-corrected chi connectivity index (χ2v) is 31.1. The molecular weight excluding hydrogens is 1430 g/mol. The molecule has 0 aromatic heterocycles. The normalized spacial score (nSPS) is 14.8. The van der Waals surface area contributed by atoms with E-state index in [9.17, 15) is 43.5 Å². The molecule has 5 unspecified atom stereocenters. The molecule has 0 heterocycles. The molecule has 16 nitrogen and oxygen atoms in total. The third-order valence-corrected chi connectivity index (χ3v) is 19.5. The second-order valence-electron chi connectivity index (χ2n) is 28.2. The number of carbonyl (C=O) groups is 3. The van der Waals surface area contributed by atoms with Crippen molar-refractivity contribution >= 4 is 33.6 Å². The molecule has 0 bridgehead atoms. The number of aliphatic hydroxyl groups excluding tert-OH is 2. The van der Waals surface area contributed by atoms with Crippen molar-refractivity contribution in [2.75, 3.05) is 39.6 Å². The summed E-state index contributed by atoms with van der Waals surface area (Å²) in [5.74, 6) is -1.61. The lowest BCUT2D eigenvalue weighted by Crippen LogP contribution is -2.30. The van der Waals surface area contributed by atoms with Crippen molar-refractivity contribution in [1.29, 1.82) is 0 Å². The van der Waals surface area contributed by atoms with E-state index in [0.29, 0.717) is 19.3 Å². The van der Waals surface area contributed by atoms with E-state index < -0.39 is 91.5 Å². The monoisotopic (exact) mass is 1590 g/mol. The van der Waals surface area contributed by atoms with Crippen molar-refractivity contribution in [3.05, 3.63) is 182 Å². The van der Waals surface area contributed by atoms with Crippen LogP contribution >= 0.6 is 15.6 Å². The number of phosphoric ester groups is 2. The first-order valence-corrected chi connectivity index (χ1v) is 46.1. The highest BCUT2D eigenvalue weighted by molar-refractivity contribution is 7.47. The highest BCUT2D eigenvalue weighted by Crippen LogP contribution is 2.45. The van der Waals surface area contributed by atoms with Crippen molar-refractivity contribution in [3.63, 3.8) is 0 Å². The van der Waals surface area contributed by atoms with Crippen LogP contribution in [0.3, 0.4) is 0 Å². The number of ether oxygens (including phenoxy) is 3. The predicted molar refractivity (Wildman–Crippen MR) is 463 cm³/mol. The summed E-state index contributed by atoms with van der Waals surface area (Å²) in [4.78, 5) is 58.9. The van der Waals surface area contributed by atoms with Crippen LogP contribution in [0, 0.1) is 0 Å². The van der Waals surface area contributed by atoms with Crippen LogP contribution in [0.5, 0.6) is 0 Å². The van der Waals surface area contributed by atoms with Crippen molar-refractivity contribution < 1.29 is 75.8 Å². The number of hydrogen-bond acceptors (Lipinski definition) is 14. The molecular formula is C93H154O16P2. The molecule has 0 spiro atoms. The summed E-state index contributed by atoms with van der Waals surface area (Å²) >= 11 is 0. The maximum Gasteiger partial charge on any atom is 0.472 e. The van der Waals surface area contributed by atoms with E-state index in [-0.39, 0.29) is 19.3 Å². The average Bonchev–Trinajstić information content (AvgIpc) is 0.902. The van der Waals surface area contributed by atoms with Gasteiger partial charge in [0.25, 0.3) is 0 Å². The molecule has 0 aliphatic rings. The van der Waals surface area contributed by atoms with Gasteiger partial charge in [-0.3, -0.25) is 32.5 Å². The Balaban J connectivity index is 4.60. The highest BCUT2D eigenvalue weighted by Gasteiger charge is 2.29. The molecule has 5 atom stereocenters. The number of carbonyl (C=O) groups excluding carboxylic acids is 3. The number of esters is 3. The van der Waals surface area contributed by atoms with Crippen LogP contribution in [-0.2, 0) is 55.8 Å². The number of unbranched alkanes of at least 4 members (excludes halogenated alkanes) is 27. The summed E-state index contributed by atoms with van der Waals surface area (Å²) in [6.07, 6.45) is 109. The zero-order valence-corrected chi connectivity index (χ0v) is 71.1. The Hall–Kier alpha value is -5.35. The fourth-order valence-electron chi connectivity index (χ4n) is 11.2. The quantitative estimate of drug-likeness (QED) is 0.0146. The van der Waals surface area contributed by atoms with Gasteiger partial charge in [0, 0.05) is 19.3 Å². The lowest BCUT2D eigenvalue weighted by molar-refractivity contribution is -0.161. The summed E-state index contributed by atoms with van der Waals surface area (Å²) in [7, 11) is -9.82. The third-order valence-electron chi connectivity index (χ3n) is 17.6. The van der Waals surface area contributed by atoms with Gasteiger partial charge < -0.3 is 34.2 Å². The molecule has 0 aromatic rings. The SMILES string of the molecule is CC/C=C\C/C=C\C/C=C\C/C=C\C/C=C\C/C=C\CCCCCCCCC(=O)OCC(COP(=O)(O)OCC(O)COP(=O)(O)OCC(O)COC(=O)CCCCCCCCCCCCCCCCC/C=C\C/C=C\C/C=C\C/C=C\C/C=C\CC)OC(=O)CCCCCCCC/C=C\C/C=C\C/C=C\C/C=C\CC.